The third-order valence-electron chi connectivity index (χ3n) is 2.13. The molecule has 0 heteroatoms. The largest absolute Gasteiger partial charge is 0.0995 e. The van der Waals surface area contributed by atoms with Gasteiger partial charge in [0.25, 0.3) is 0 Å². The molecule has 0 aromatic carbocycles. The van der Waals surface area contributed by atoms with E-state index in [2.05, 4.69) is 26.5 Å². The summed E-state index contributed by atoms with van der Waals surface area (Å²) in [5.74, 6) is 0.731. The summed E-state index contributed by atoms with van der Waals surface area (Å²) in [5.41, 5.74) is 2.91. The number of hydrogen-bond donors (Lipinski definition) is 0. The molecule has 0 nitrogen and oxygen atoms in total. The van der Waals surface area contributed by atoms with Crippen LogP contribution in [0.5, 0.6) is 0 Å². The minimum Gasteiger partial charge on any atom is -0.0995 e. The summed E-state index contributed by atoms with van der Waals surface area (Å²) in [4.78, 5) is 0. The quantitative estimate of drug-likeness (QED) is 0.469. The first-order chi connectivity index (χ1) is 4.25. The van der Waals surface area contributed by atoms with Gasteiger partial charge >= 0.3 is 0 Å². The highest BCUT2D eigenvalue weighted by Gasteiger charge is 2.22. The van der Waals surface area contributed by atoms with E-state index in [4.69, 9.17) is 0 Å². The lowest BCUT2D eigenvalue weighted by atomic mass is 9.75. The van der Waals surface area contributed by atoms with Gasteiger partial charge in [-0.1, -0.05) is 23.8 Å². The zero-order chi connectivity index (χ0) is 6.85. The molecule has 0 saturated heterocycles. The lowest BCUT2D eigenvalue weighted by molar-refractivity contribution is 0.507. The molecule has 1 unspecified atom stereocenters. The maximum atomic E-state index is 3.93. The van der Waals surface area contributed by atoms with E-state index >= 15 is 0 Å². The van der Waals surface area contributed by atoms with Crippen LogP contribution in [0.25, 0.3) is 0 Å². The maximum absolute atomic E-state index is 3.93. The Balaban J connectivity index is 2.55. The Morgan fingerprint density at radius 2 is 2.44 bits per heavy atom. The smallest absolute Gasteiger partial charge is 0.000441 e. The predicted molar refractivity (Wildman–Crippen MR) is 41.3 cm³/mol. The molecular formula is C9H14. The van der Waals surface area contributed by atoms with Crippen molar-refractivity contribution in [2.75, 3.05) is 0 Å². The number of rotatable bonds is 1. The first-order valence-electron chi connectivity index (χ1n) is 3.56. The van der Waals surface area contributed by atoms with Crippen molar-refractivity contribution in [1.29, 1.82) is 0 Å². The number of allylic oxidation sites excluding steroid dienone is 3. The van der Waals surface area contributed by atoms with Crippen molar-refractivity contribution in [3.63, 3.8) is 0 Å². The van der Waals surface area contributed by atoms with Gasteiger partial charge in [-0.05, 0) is 26.7 Å². The molecule has 50 valence electrons. The third-order valence-corrected chi connectivity index (χ3v) is 2.13. The molecule has 0 aromatic rings. The van der Waals surface area contributed by atoms with Gasteiger partial charge in [-0.25, -0.2) is 0 Å². The zero-order valence-electron chi connectivity index (χ0n) is 6.28. The average molecular weight is 122 g/mol. The molecule has 1 aliphatic rings. The Labute approximate surface area is 57.3 Å². The second kappa shape index (κ2) is 2.38. The molecule has 0 radical (unpaired) electrons. The van der Waals surface area contributed by atoms with Gasteiger partial charge in [-0.2, -0.15) is 0 Å². The van der Waals surface area contributed by atoms with Crippen LogP contribution >= 0.6 is 0 Å². The summed E-state index contributed by atoms with van der Waals surface area (Å²) < 4.78 is 0. The molecule has 0 spiro atoms. The van der Waals surface area contributed by atoms with E-state index in [1.165, 1.54) is 18.4 Å². The molecule has 1 saturated carbocycles. The molecule has 0 heterocycles. The normalized spacial score (nSPS) is 30.0. The van der Waals surface area contributed by atoms with Crippen molar-refractivity contribution in [3.8, 4) is 0 Å². The second-order valence-electron chi connectivity index (χ2n) is 2.80. The van der Waals surface area contributed by atoms with E-state index in [1.54, 1.807) is 5.57 Å². The highest BCUT2D eigenvalue weighted by atomic mass is 14.3. The first kappa shape index (κ1) is 6.60. The molecular weight excluding hydrogens is 108 g/mol. The van der Waals surface area contributed by atoms with Gasteiger partial charge in [0.1, 0.15) is 0 Å². The second-order valence-corrected chi connectivity index (χ2v) is 2.80. The van der Waals surface area contributed by atoms with Crippen molar-refractivity contribution in [3.05, 3.63) is 23.8 Å². The van der Waals surface area contributed by atoms with Crippen LogP contribution in [0.2, 0.25) is 0 Å². The van der Waals surface area contributed by atoms with Gasteiger partial charge in [0.2, 0.25) is 0 Å². The van der Waals surface area contributed by atoms with Crippen LogP contribution in [0.4, 0.5) is 0 Å². The number of hydrogen-bond acceptors (Lipinski definition) is 0. The van der Waals surface area contributed by atoms with Gasteiger partial charge in [0, 0.05) is 5.92 Å². The standard InChI is InChI=1S/C9H14/c1-4-8-5-6-9(8)7(2)3/h4,9H,2,5-6H2,1,3H3. The molecule has 0 bridgehead atoms. The van der Waals surface area contributed by atoms with E-state index in [-0.39, 0.29) is 0 Å². The minimum absolute atomic E-state index is 0.731. The van der Waals surface area contributed by atoms with E-state index in [0.29, 0.717) is 0 Å². The Bertz CT molecular complexity index is 151. The Morgan fingerprint density at radius 1 is 1.78 bits per heavy atom. The van der Waals surface area contributed by atoms with Crippen molar-refractivity contribution in [1.82, 2.24) is 0 Å². The predicted octanol–water partition coefficient (Wildman–Crippen LogP) is 2.92. The fourth-order valence-electron chi connectivity index (χ4n) is 1.36. The fraction of sp³-hybridized carbons (Fsp3) is 0.556. The summed E-state index contributed by atoms with van der Waals surface area (Å²) in [6.45, 7) is 8.17. The Hall–Kier alpha value is -0.520. The molecule has 0 aliphatic heterocycles. The van der Waals surface area contributed by atoms with Crippen LogP contribution < -0.4 is 0 Å². The molecule has 1 fully saturated rings. The topological polar surface area (TPSA) is 0 Å². The summed E-state index contributed by atoms with van der Waals surface area (Å²) in [5, 5.41) is 0. The van der Waals surface area contributed by atoms with E-state index in [0.717, 1.165) is 5.92 Å². The molecule has 0 amide bonds. The summed E-state index contributed by atoms with van der Waals surface area (Å²) in [6.07, 6.45) is 4.85. The minimum atomic E-state index is 0.731. The lowest BCUT2D eigenvalue weighted by Gasteiger charge is -2.30. The van der Waals surface area contributed by atoms with Crippen molar-refractivity contribution < 1.29 is 0 Å². The molecule has 1 rings (SSSR count). The van der Waals surface area contributed by atoms with Gasteiger partial charge in [-0.3, -0.25) is 0 Å². The van der Waals surface area contributed by atoms with Crippen LogP contribution in [0.1, 0.15) is 26.7 Å². The van der Waals surface area contributed by atoms with Gasteiger partial charge in [0.05, 0.1) is 0 Å². The van der Waals surface area contributed by atoms with Crippen LogP contribution in [-0.2, 0) is 0 Å². The van der Waals surface area contributed by atoms with E-state index in [1.807, 2.05) is 0 Å². The highest BCUT2D eigenvalue weighted by molar-refractivity contribution is 5.24. The van der Waals surface area contributed by atoms with Crippen molar-refractivity contribution >= 4 is 0 Å². The summed E-state index contributed by atoms with van der Waals surface area (Å²) in [7, 11) is 0. The van der Waals surface area contributed by atoms with Gasteiger partial charge < -0.3 is 0 Å². The molecule has 1 aliphatic carbocycles. The SMILES string of the molecule is C=C(C)C1CCC1=CC. The Kier molecular flexibility index (Phi) is 1.75. The van der Waals surface area contributed by atoms with Gasteiger partial charge in [-0.15, -0.1) is 0 Å². The average Bonchev–Trinajstić information content (AvgIpc) is 1.61. The molecule has 0 N–H and O–H groups in total. The highest BCUT2D eigenvalue weighted by Crippen LogP contribution is 2.37. The van der Waals surface area contributed by atoms with Gasteiger partial charge in [0.15, 0.2) is 0 Å². The van der Waals surface area contributed by atoms with E-state index in [9.17, 15) is 0 Å². The Morgan fingerprint density at radius 3 is 2.56 bits per heavy atom. The van der Waals surface area contributed by atoms with Crippen molar-refractivity contribution in [2.24, 2.45) is 5.92 Å². The molecule has 0 aromatic heterocycles. The monoisotopic (exact) mass is 122 g/mol. The lowest BCUT2D eigenvalue weighted by Crippen LogP contribution is -2.15. The van der Waals surface area contributed by atoms with Crippen LogP contribution in [0, 0.1) is 5.92 Å². The van der Waals surface area contributed by atoms with Crippen molar-refractivity contribution in [2.45, 2.75) is 26.7 Å². The van der Waals surface area contributed by atoms with Crippen LogP contribution in [-0.4, -0.2) is 0 Å². The first-order valence-corrected chi connectivity index (χ1v) is 3.56. The third kappa shape index (κ3) is 1.07. The maximum Gasteiger partial charge on any atom is 0.000441 e. The fourth-order valence-corrected chi connectivity index (χ4v) is 1.36. The summed E-state index contributed by atoms with van der Waals surface area (Å²) >= 11 is 0. The van der Waals surface area contributed by atoms with E-state index < -0.39 is 0 Å². The van der Waals surface area contributed by atoms with Crippen LogP contribution in [0.15, 0.2) is 23.8 Å². The molecule has 1 atom stereocenters. The summed E-state index contributed by atoms with van der Waals surface area (Å²) in [6, 6.07) is 0. The van der Waals surface area contributed by atoms with Crippen LogP contribution in [0.3, 0.4) is 0 Å². The zero-order valence-corrected chi connectivity index (χ0v) is 6.28. The molecule has 9 heavy (non-hydrogen) atoms.